The normalized spacial score (nSPS) is 42.1. The lowest BCUT2D eigenvalue weighted by molar-refractivity contribution is -0.427. The Balaban J connectivity index is 1.38. The van der Waals surface area contributed by atoms with Crippen molar-refractivity contribution in [3.05, 3.63) is 35.4 Å². The average molecular weight is 648 g/mol. The van der Waals surface area contributed by atoms with Gasteiger partial charge in [-0.3, -0.25) is 9.32 Å². The predicted octanol–water partition coefficient (Wildman–Crippen LogP) is -1.99. The molecule has 2 heterocycles. The quantitative estimate of drug-likeness (QED) is 0.118. The number of benzene rings is 1. The first-order chi connectivity index (χ1) is 18.8. The summed E-state index contributed by atoms with van der Waals surface area (Å²) >= 11 is 4.75. The van der Waals surface area contributed by atoms with Gasteiger partial charge >= 0.3 is 14.5 Å². The number of phosphoric ester groups is 1. The molecule has 0 aromatic heterocycles. The topological polar surface area (TPSA) is 274 Å². The number of hydrogen-bond donors (Lipinski definition) is 9. The Morgan fingerprint density at radius 1 is 1.29 bits per heavy atom. The van der Waals surface area contributed by atoms with Crippen LogP contribution in [0.4, 0.5) is 4.39 Å². The van der Waals surface area contributed by atoms with Gasteiger partial charge in [-0.2, -0.15) is 0 Å². The van der Waals surface area contributed by atoms with E-state index in [2.05, 4.69) is 4.31 Å². The molecule has 3 fully saturated rings. The number of aliphatic hydroxyl groups excluding tert-OH is 4. The van der Waals surface area contributed by atoms with E-state index >= 15 is 4.39 Å². The van der Waals surface area contributed by atoms with E-state index in [1.165, 1.54) is 24.3 Å². The van der Waals surface area contributed by atoms with E-state index < -0.39 is 99.8 Å². The van der Waals surface area contributed by atoms with Gasteiger partial charge in [0, 0.05) is 5.56 Å². The van der Waals surface area contributed by atoms with Crippen molar-refractivity contribution >= 4 is 32.3 Å². The molecule has 2 saturated heterocycles. The molecule has 13 atom stereocenters. The van der Waals surface area contributed by atoms with Crippen molar-refractivity contribution in [2.45, 2.75) is 61.2 Å². The molecule has 1 saturated carbocycles. The number of hydrogen-bond acceptors (Lipinski definition) is 14. The SMILES string of the molecule is C[C@@]1(F)[C@H](N)[C@@H](COP(O)(=S)OP(=O)(O)OC2OC3(O)C2C(O)C(O)C3[C@@H](O)CO)O[C@H]1c1cccc(C(N)=O)c1. The highest BCUT2D eigenvalue weighted by Crippen LogP contribution is 2.65. The molecule has 41 heavy (non-hydrogen) atoms. The van der Waals surface area contributed by atoms with Crippen molar-refractivity contribution in [2.24, 2.45) is 23.3 Å². The van der Waals surface area contributed by atoms with Gasteiger partial charge < -0.3 is 60.8 Å². The lowest BCUT2D eigenvalue weighted by atomic mass is 9.86. The fourth-order valence-corrected chi connectivity index (χ4v) is 8.44. The van der Waals surface area contributed by atoms with Crippen LogP contribution in [0.25, 0.3) is 0 Å². The minimum atomic E-state index is -5.35. The first-order valence-electron chi connectivity index (χ1n) is 12.1. The van der Waals surface area contributed by atoms with E-state index in [0.29, 0.717) is 0 Å². The first kappa shape index (κ1) is 32.9. The van der Waals surface area contributed by atoms with Gasteiger partial charge in [0.15, 0.2) is 17.7 Å². The summed E-state index contributed by atoms with van der Waals surface area (Å²) in [5, 5.41) is 50.0. The highest BCUT2D eigenvalue weighted by atomic mass is 32.5. The van der Waals surface area contributed by atoms with Crippen molar-refractivity contribution in [3.63, 3.8) is 0 Å². The Kier molecular flexibility index (Phi) is 9.21. The van der Waals surface area contributed by atoms with E-state index in [-0.39, 0.29) is 11.1 Å². The minimum Gasteiger partial charge on any atom is -0.394 e. The zero-order valence-corrected chi connectivity index (χ0v) is 23.8. The summed E-state index contributed by atoms with van der Waals surface area (Å²) in [5.74, 6) is -6.33. The average Bonchev–Trinajstić information content (AvgIpc) is 3.17. The van der Waals surface area contributed by atoms with Crippen LogP contribution >= 0.6 is 14.5 Å². The number of carbonyl (C=O) groups is 1. The lowest BCUT2D eigenvalue weighted by Gasteiger charge is -2.49. The van der Waals surface area contributed by atoms with Crippen LogP contribution in [0.1, 0.15) is 28.9 Å². The molecule has 1 amide bonds. The van der Waals surface area contributed by atoms with Crippen LogP contribution in [0.5, 0.6) is 0 Å². The fourth-order valence-electron chi connectivity index (χ4n) is 5.35. The molecular formula is C21H31FN2O14P2S. The zero-order chi connectivity index (χ0) is 30.7. The van der Waals surface area contributed by atoms with Gasteiger partial charge in [-0.15, -0.1) is 0 Å². The van der Waals surface area contributed by atoms with E-state index in [9.17, 15) is 39.6 Å². The molecule has 4 rings (SSSR count). The van der Waals surface area contributed by atoms with Crippen LogP contribution in [-0.4, -0.2) is 103 Å². The smallest absolute Gasteiger partial charge is 0.394 e. The number of aliphatic hydroxyl groups is 5. The third-order valence-corrected chi connectivity index (χ3v) is 11.0. The first-order valence-corrected chi connectivity index (χ1v) is 16.2. The summed E-state index contributed by atoms with van der Waals surface area (Å²) in [6, 6.07) is 4.36. The van der Waals surface area contributed by atoms with Gasteiger partial charge in [0.25, 0.3) is 0 Å². The van der Waals surface area contributed by atoms with Crippen molar-refractivity contribution in [2.75, 3.05) is 13.2 Å². The van der Waals surface area contributed by atoms with Gasteiger partial charge in [0.2, 0.25) is 5.91 Å². The monoisotopic (exact) mass is 648 g/mol. The number of nitrogens with two attached hydrogens (primary N) is 2. The second kappa shape index (κ2) is 11.5. The Labute approximate surface area is 237 Å². The Morgan fingerprint density at radius 3 is 2.56 bits per heavy atom. The van der Waals surface area contributed by atoms with Gasteiger partial charge in [0.1, 0.15) is 12.2 Å². The number of carbonyl (C=O) groups excluding carboxylic acids is 1. The number of alkyl halides is 1. The molecule has 1 aromatic carbocycles. The van der Waals surface area contributed by atoms with Crippen LogP contribution in [0.3, 0.4) is 0 Å². The second-order valence-corrected chi connectivity index (χ2v) is 14.5. The molecule has 20 heteroatoms. The summed E-state index contributed by atoms with van der Waals surface area (Å²) in [6.45, 7) is -5.07. The summed E-state index contributed by atoms with van der Waals surface area (Å²) in [7, 11) is -5.35. The second-order valence-electron chi connectivity index (χ2n) is 10.2. The summed E-state index contributed by atoms with van der Waals surface area (Å²) < 4.78 is 53.2. The number of halogens is 1. The molecule has 232 valence electrons. The van der Waals surface area contributed by atoms with Crippen LogP contribution in [0, 0.1) is 11.8 Å². The molecule has 1 aliphatic carbocycles. The van der Waals surface area contributed by atoms with Gasteiger partial charge in [0.05, 0.1) is 49.4 Å². The number of primary amides is 1. The maximum atomic E-state index is 15.6. The van der Waals surface area contributed by atoms with Crippen molar-refractivity contribution in [1.29, 1.82) is 0 Å². The maximum absolute atomic E-state index is 15.6. The molecule has 16 nitrogen and oxygen atoms in total. The molecule has 0 radical (unpaired) electrons. The summed E-state index contributed by atoms with van der Waals surface area (Å²) in [5.41, 5.74) is 9.41. The van der Waals surface area contributed by atoms with E-state index in [0.717, 1.165) is 6.92 Å². The highest BCUT2D eigenvalue weighted by Gasteiger charge is 2.73. The Hall–Kier alpha value is -1.02. The van der Waals surface area contributed by atoms with Crippen molar-refractivity contribution < 1.29 is 71.9 Å². The largest absolute Gasteiger partial charge is 0.481 e. The highest BCUT2D eigenvalue weighted by molar-refractivity contribution is 8.08. The third kappa shape index (κ3) is 6.17. The minimum absolute atomic E-state index is 0.0988. The molecule has 8 unspecified atom stereocenters. The zero-order valence-electron chi connectivity index (χ0n) is 21.2. The maximum Gasteiger partial charge on any atom is 0.481 e. The van der Waals surface area contributed by atoms with Crippen LogP contribution in [0.15, 0.2) is 24.3 Å². The molecule has 0 spiro atoms. The van der Waals surface area contributed by atoms with Gasteiger partial charge in [-0.25, -0.2) is 13.3 Å². The number of phosphoric acid groups is 1. The Morgan fingerprint density at radius 2 is 1.95 bits per heavy atom. The standard InChI is InChI=1S/C21H31FN2O14P2S/c1-20(22)16(23)11(35-17(20)8-3-2-4-9(5-8)18(24)29)7-34-40(33,41)38-39(31,32)37-19-13-15(28)14(27)12(10(26)6-25)21(13,30)36-19/h2-5,10-17,19,25-28,30H,6-7,23H2,1H3,(H2,24,29)(H,31,32)(H,33,41)/t10-,11+,12?,13?,14?,15?,16+,17-,19?,20+,21?,40?/m0/s1. The van der Waals surface area contributed by atoms with E-state index in [4.69, 9.17) is 46.9 Å². The molecule has 3 aliphatic rings. The summed E-state index contributed by atoms with van der Waals surface area (Å²) in [4.78, 5) is 32.0. The Bertz CT molecular complexity index is 1260. The van der Waals surface area contributed by atoms with Crippen LogP contribution < -0.4 is 11.5 Å². The molecule has 1 aromatic rings. The van der Waals surface area contributed by atoms with E-state index in [1.807, 2.05) is 0 Å². The molecule has 0 bridgehead atoms. The summed E-state index contributed by atoms with van der Waals surface area (Å²) in [6.07, 6.45) is -9.74. The van der Waals surface area contributed by atoms with Crippen molar-refractivity contribution in [1.82, 2.24) is 0 Å². The number of amides is 1. The molecule has 11 N–H and O–H groups in total. The number of fused-ring (bicyclic) bond motifs is 1. The molecule has 2 aliphatic heterocycles. The molecular weight excluding hydrogens is 617 g/mol. The fraction of sp³-hybridized carbons (Fsp3) is 0.667. The third-order valence-electron chi connectivity index (χ3n) is 7.44. The van der Waals surface area contributed by atoms with Crippen LogP contribution in [0.2, 0.25) is 0 Å². The number of rotatable bonds is 11. The van der Waals surface area contributed by atoms with E-state index in [1.54, 1.807) is 0 Å². The van der Waals surface area contributed by atoms with Gasteiger partial charge in [-0.1, -0.05) is 12.1 Å². The van der Waals surface area contributed by atoms with Crippen LogP contribution in [-0.2, 0) is 39.2 Å². The van der Waals surface area contributed by atoms with Gasteiger partial charge in [-0.05, 0) is 36.4 Å². The number of ether oxygens (including phenoxy) is 2. The predicted molar refractivity (Wildman–Crippen MR) is 136 cm³/mol. The lowest BCUT2D eigenvalue weighted by Crippen LogP contribution is -2.64. The van der Waals surface area contributed by atoms with Crippen molar-refractivity contribution in [3.8, 4) is 0 Å².